The molecule has 9 heteroatoms. The molecule has 0 amide bonds. The molecule has 0 aliphatic rings. The summed E-state index contributed by atoms with van der Waals surface area (Å²) < 4.78 is 6.11. The second-order valence-corrected chi connectivity index (χ2v) is 9.92. The molecule has 7 nitrogen and oxygen atoms in total. The Morgan fingerprint density at radius 3 is 2.69 bits per heavy atom. The number of aryl methyl sites for hydroxylation is 2. The molecular weight excluding hydrogens is 438 g/mol. The molecule has 0 spiro atoms. The Labute approximate surface area is 192 Å². The van der Waals surface area contributed by atoms with E-state index in [-0.39, 0.29) is 0 Å². The Kier molecular flexibility index (Phi) is 4.48. The fourth-order valence-electron chi connectivity index (χ4n) is 3.98. The Bertz CT molecular complexity index is 1590. The quantitative estimate of drug-likeness (QED) is 0.335. The fraction of sp³-hybridized carbons (Fsp3) is 0.174. The van der Waals surface area contributed by atoms with E-state index in [9.17, 15) is 0 Å². The maximum absolute atomic E-state index is 4.88. The second kappa shape index (κ2) is 7.39. The lowest BCUT2D eigenvalue weighted by Gasteiger charge is -2.09. The first kappa shape index (κ1) is 19.4. The van der Waals surface area contributed by atoms with Gasteiger partial charge < -0.3 is 0 Å². The van der Waals surface area contributed by atoms with Crippen LogP contribution in [-0.4, -0.2) is 34.1 Å². The van der Waals surface area contributed by atoms with Crippen LogP contribution in [0.2, 0.25) is 0 Å². The first-order valence-corrected chi connectivity index (χ1v) is 12.0. The van der Waals surface area contributed by atoms with E-state index in [2.05, 4.69) is 47.6 Å². The van der Waals surface area contributed by atoms with Gasteiger partial charge in [-0.2, -0.15) is 0 Å². The lowest BCUT2D eigenvalue weighted by Crippen LogP contribution is -2.03. The van der Waals surface area contributed by atoms with E-state index in [1.807, 2.05) is 30.5 Å². The number of thioether (sulfide) groups is 1. The molecule has 0 aliphatic heterocycles. The summed E-state index contributed by atoms with van der Waals surface area (Å²) in [5, 5.41) is 5.69. The predicted octanol–water partition coefficient (Wildman–Crippen LogP) is 5.29. The van der Waals surface area contributed by atoms with Gasteiger partial charge in [0.1, 0.15) is 12.1 Å². The molecule has 5 aromatic heterocycles. The van der Waals surface area contributed by atoms with Gasteiger partial charge in [0.25, 0.3) is 0 Å². The topological polar surface area (TPSA) is 73.8 Å². The number of benzene rings is 1. The van der Waals surface area contributed by atoms with Crippen LogP contribution in [0.4, 0.5) is 0 Å². The summed E-state index contributed by atoms with van der Waals surface area (Å²) in [7, 11) is 0. The predicted molar refractivity (Wildman–Crippen MR) is 129 cm³/mol. The summed E-state index contributed by atoms with van der Waals surface area (Å²) in [6, 6.07) is 12.2. The third-order valence-corrected chi connectivity index (χ3v) is 7.84. The average Bonchev–Trinajstić information content (AvgIpc) is 3.47. The lowest BCUT2D eigenvalue weighted by atomic mass is 10.2. The van der Waals surface area contributed by atoms with Gasteiger partial charge in [0.15, 0.2) is 21.5 Å². The van der Waals surface area contributed by atoms with E-state index >= 15 is 0 Å². The molecule has 0 unspecified atom stereocenters. The molecule has 0 atom stereocenters. The van der Waals surface area contributed by atoms with Crippen molar-refractivity contribution in [3.63, 3.8) is 0 Å². The van der Waals surface area contributed by atoms with Crippen LogP contribution in [0.5, 0.6) is 0 Å². The zero-order valence-electron chi connectivity index (χ0n) is 17.8. The number of hydrogen-bond donors (Lipinski definition) is 0. The zero-order chi connectivity index (χ0) is 21.8. The molecule has 5 heterocycles. The molecule has 0 bridgehead atoms. The smallest absolute Gasteiger partial charge is 0.168 e. The maximum Gasteiger partial charge on any atom is 0.168 e. The number of hydrogen-bond acceptors (Lipinski definition) is 7. The molecule has 6 aromatic rings. The van der Waals surface area contributed by atoms with E-state index < -0.39 is 0 Å². The largest absolute Gasteiger partial charge is 0.282 e. The highest BCUT2D eigenvalue weighted by atomic mass is 32.2. The highest BCUT2D eigenvalue weighted by Crippen LogP contribution is 2.32. The van der Waals surface area contributed by atoms with Gasteiger partial charge in [0, 0.05) is 11.9 Å². The molecule has 158 valence electrons. The van der Waals surface area contributed by atoms with E-state index in [4.69, 9.17) is 15.0 Å². The lowest BCUT2D eigenvalue weighted by molar-refractivity contribution is 0.892. The summed E-state index contributed by atoms with van der Waals surface area (Å²) in [4.78, 5) is 18.9. The summed E-state index contributed by atoms with van der Waals surface area (Å²) in [5.41, 5.74) is 6.06. The molecule has 0 saturated heterocycles. The summed E-state index contributed by atoms with van der Waals surface area (Å²) in [6.07, 6.45) is 3.56. The molecule has 32 heavy (non-hydrogen) atoms. The van der Waals surface area contributed by atoms with Crippen molar-refractivity contribution in [1.82, 2.24) is 34.1 Å². The fourth-order valence-corrected chi connectivity index (χ4v) is 5.89. The van der Waals surface area contributed by atoms with Crippen LogP contribution >= 0.6 is 23.1 Å². The van der Waals surface area contributed by atoms with Crippen LogP contribution in [-0.2, 0) is 5.75 Å². The summed E-state index contributed by atoms with van der Waals surface area (Å²) in [5.74, 6) is 2.31. The first-order chi connectivity index (χ1) is 15.6. The Hall–Kier alpha value is -3.30. The highest BCUT2D eigenvalue weighted by molar-refractivity contribution is 8.00. The molecule has 0 fully saturated rings. The molecular formula is C23H19N7S2. The van der Waals surface area contributed by atoms with Crippen LogP contribution in [0.1, 0.15) is 22.6 Å². The van der Waals surface area contributed by atoms with Crippen LogP contribution in [0, 0.1) is 20.8 Å². The first-order valence-electron chi connectivity index (χ1n) is 10.2. The average molecular weight is 458 g/mol. The van der Waals surface area contributed by atoms with Crippen LogP contribution in [0.15, 0.2) is 53.3 Å². The Balaban J connectivity index is 1.41. The van der Waals surface area contributed by atoms with Gasteiger partial charge in [-0.3, -0.25) is 4.57 Å². The minimum Gasteiger partial charge on any atom is -0.282 e. The SMILES string of the molecule is Cc1cccnc1-n1c(C)c(C)c2c1ncn1nc(CSc3nc4ccccc4s3)nc21. The van der Waals surface area contributed by atoms with Gasteiger partial charge in [-0.25, -0.2) is 24.5 Å². The molecule has 0 N–H and O–H groups in total. The van der Waals surface area contributed by atoms with Crippen molar-refractivity contribution in [2.24, 2.45) is 0 Å². The van der Waals surface area contributed by atoms with Crippen molar-refractivity contribution in [2.75, 3.05) is 0 Å². The van der Waals surface area contributed by atoms with Crippen molar-refractivity contribution in [3.05, 3.63) is 71.6 Å². The number of aromatic nitrogens is 7. The minimum absolute atomic E-state index is 0.654. The number of thiazole rings is 1. The van der Waals surface area contributed by atoms with Crippen molar-refractivity contribution in [3.8, 4) is 5.82 Å². The van der Waals surface area contributed by atoms with Crippen molar-refractivity contribution in [2.45, 2.75) is 30.9 Å². The maximum atomic E-state index is 4.88. The molecule has 0 saturated carbocycles. The third kappa shape index (κ3) is 3.00. The van der Waals surface area contributed by atoms with Gasteiger partial charge in [-0.15, -0.1) is 16.4 Å². The van der Waals surface area contributed by atoms with Gasteiger partial charge >= 0.3 is 0 Å². The van der Waals surface area contributed by atoms with Crippen molar-refractivity contribution >= 4 is 50.0 Å². The van der Waals surface area contributed by atoms with Crippen molar-refractivity contribution in [1.29, 1.82) is 0 Å². The van der Waals surface area contributed by atoms with E-state index in [0.29, 0.717) is 5.75 Å². The minimum atomic E-state index is 0.654. The van der Waals surface area contributed by atoms with Crippen LogP contribution in [0.3, 0.4) is 0 Å². The van der Waals surface area contributed by atoms with Gasteiger partial charge in [-0.1, -0.05) is 30.0 Å². The molecule has 6 rings (SSSR count). The zero-order valence-corrected chi connectivity index (χ0v) is 19.4. The highest BCUT2D eigenvalue weighted by Gasteiger charge is 2.20. The number of nitrogens with zero attached hydrogens (tertiary/aromatic N) is 7. The molecule has 1 aromatic carbocycles. The molecule has 0 aliphatic carbocycles. The number of pyridine rings is 1. The number of rotatable bonds is 4. The standard InChI is InChI=1S/C23H19N7S2/c1-13-7-6-10-24-20(13)30-15(3)14(2)19-21(30)25-12-29-22(19)27-18(28-29)11-31-23-26-16-8-4-5-9-17(16)32-23/h4-10,12H,11H2,1-3H3. The number of fused-ring (bicyclic) bond motifs is 4. The normalized spacial score (nSPS) is 11.8. The van der Waals surface area contributed by atoms with Gasteiger partial charge in [-0.05, 0) is 50.1 Å². The number of para-hydroxylation sites is 1. The second-order valence-electron chi connectivity index (χ2n) is 7.67. The third-order valence-electron chi connectivity index (χ3n) is 5.67. The summed E-state index contributed by atoms with van der Waals surface area (Å²) in [6.45, 7) is 6.27. The summed E-state index contributed by atoms with van der Waals surface area (Å²) >= 11 is 3.36. The van der Waals surface area contributed by atoms with E-state index in [1.165, 1.54) is 4.70 Å². The van der Waals surface area contributed by atoms with E-state index in [0.717, 1.165) is 55.0 Å². The monoisotopic (exact) mass is 457 g/mol. The molecule has 0 radical (unpaired) electrons. The Morgan fingerprint density at radius 1 is 0.969 bits per heavy atom. The van der Waals surface area contributed by atoms with Gasteiger partial charge in [0.05, 0.1) is 21.4 Å². The van der Waals surface area contributed by atoms with Crippen LogP contribution < -0.4 is 0 Å². The Morgan fingerprint density at radius 2 is 1.84 bits per heavy atom. The van der Waals surface area contributed by atoms with Crippen molar-refractivity contribution < 1.29 is 0 Å². The van der Waals surface area contributed by atoms with Crippen LogP contribution in [0.25, 0.3) is 32.7 Å². The van der Waals surface area contributed by atoms with Gasteiger partial charge in [0.2, 0.25) is 0 Å². The van der Waals surface area contributed by atoms with E-state index in [1.54, 1.807) is 33.9 Å².